The van der Waals surface area contributed by atoms with E-state index in [0.717, 1.165) is 17.2 Å². The maximum atomic E-state index is 14.2. The van der Waals surface area contributed by atoms with E-state index in [-0.39, 0.29) is 5.69 Å². The molecular formula is C17H13FN2O2S. The number of anilines is 2. The topological polar surface area (TPSA) is 61.2 Å². The molecular weight excluding hydrogens is 315 g/mol. The summed E-state index contributed by atoms with van der Waals surface area (Å²) < 4.78 is 39.1. The quantitative estimate of drug-likeness (QED) is 0.800. The first-order valence-electron chi connectivity index (χ1n) is 6.89. The number of nitrogens with zero attached hydrogens (tertiary/aromatic N) is 2. The van der Waals surface area contributed by atoms with E-state index < -0.39 is 25.5 Å². The summed E-state index contributed by atoms with van der Waals surface area (Å²) in [4.78, 5) is 0.622. The van der Waals surface area contributed by atoms with Crippen molar-refractivity contribution in [1.82, 2.24) is 0 Å². The molecule has 0 aromatic heterocycles. The van der Waals surface area contributed by atoms with Crippen LogP contribution in [0.4, 0.5) is 15.8 Å². The molecule has 2 aromatic rings. The Morgan fingerprint density at radius 1 is 1.09 bits per heavy atom. The van der Waals surface area contributed by atoms with E-state index >= 15 is 0 Å². The number of rotatable bonds is 1. The molecule has 0 saturated heterocycles. The van der Waals surface area contributed by atoms with E-state index in [2.05, 4.69) is 0 Å². The molecule has 1 aliphatic rings. The second-order valence-corrected chi connectivity index (χ2v) is 7.14. The minimum absolute atomic E-state index is 0.206. The van der Waals surface area contributed by atoms with Gasteiger partial charge in [0.15, 0.2) is 4.91 Å². The van der Waals surface area contributed by atoms with Crippen molar-refractivity contribution in [3.8, 4) is 6.07 Å². The summed E-state index contributed by atoms with van der Waals surface area (Å²) in [6.07, 6.45) is 1.25. The van der Waals surface area contributed by atoms with Crippen LogP contribution in [0.1, 0.15) is 11.1 Å². The molecule has 0 bridgehead atoms. The predicted octanol–water partition coefficient (Wildman–Crippen LogP) is 3.73. The summed E-state index contributed by atoms with van der Waals surface area (Å²) >= 11 is 0. The van der Waals surface area contributed by atoms with Crippen LogP contribution in [-0.4, -0.2) is 8.42 Å². The summed E-state index contributed by atoms with van der Waals surface area (Å²) in [7, 11) is -4.14. The number of allylic oxidation sites excluding steroid dienone is 1. The lowest BCUT2D eigenvalue weighted by atomic mass is 10.1. The Morgan fingerprint density at radius 3 is 2.43 bits per heavy atom. The molecule has 2 aromatic carbocycles. The zero-order chi connectivity index (χ0) is 16.8. The zero-order valence-corrected chi connectivity index (χ0v) is 13.4. The maximum absolute atomic E-state index is 14.2. The van der Waals surface area contributed by atoms with Crippen molar-refractivity contribution in [3.63, 3.8) is 0 Å². The van der Waals surface area contributed by atoms with Gasteiger partial charge in [0.25, 0.3) is 0 Å². The molecule has 0 atom stereocenters. The van der Waals surface area contributed by atoms with Gasteiger partial charge in [-0.1, -0.05) is 18.2 Å². The smallest absolute Gasteiger partial charge is 0.223 e. The summed E-state index contributed by atoms with van der Waals surface area (Å²) in [5.74, 6) is -0.862. The number of benzene rings is 2. The van der Waals surface area contributed by atoms with E-state index in [0.29, 0.717) is 5.69 Å². The fraction of sp³-hybridized carbons (Fsp3) is 0.118. The Kier molecular flexibility index (Phi) is 3.46. The van der Waals surface area contributed by atoms with E-state index in [9.17, 15) is 18.1 Å². The molecule has 6 heteroatoms. The predicted molar refractivity (Wildman–Crippen MR) is 85.3 cm³/mol. The van der Waals surface area contributed by atoms with E-state index in [1.807, 2.05) is 26.0 Å². The Balaban J connectivity index is 2.38. The van der Waals surface area contributed by atoms with Crippen LogP contribution in [0.25, 0.3) is 0 Å². The number of fused-ring (bicyclic) bond motifs is 1. The average Bonchev–Trinajstić information content (AvgIpc) is 2.50. The van der Waals surface area contributed by atoms with Crippen LogP contribution >= 0.6 is 0 Å². The van der Waals surface area contributed by atoms with Crippen molar-refractivity contribution in [1.29, 1.82) is 5.26 Å². The van der Waals surface area contributed by atoms with E-state index in [1.165, 1.54) is 18.3 Å². The molecule has 0 amide bonds. The second kappa shape index (κ2) is 5.21. The summed E-state index contributed by atoms with van der Waals surface area (Å²) in [6, 6.07) is 11.3. The SMILES string of the molecule is Cc1cccc(N2C=C(C#N)S(=O)(=O)c3c(F)cccc32)c1C. The molecule has 1 aliphatic heterocycles. The van der Waals surface area contributed by atoms with Gasteiger partial charge >= 0.3 is 0 Å². The van der Waals surface area contributed by atoms with Gasteiger partial charge < -0.3 is 4.90 Å². The zero-order valence-electron chi connectivity index (χ0n) is 12.5. The van der Waals surface area contributed by atoms with Crippen molar-refractivity contribution >= 4 is 21.2 Å². The van der Waals surface area contributed by atoms with Gasteiger partial charge in [-0.2, -0.15) is 5.26 Å². The standard InChI is InChI=1S/C17H13FN2O2S/c1-11-5-3-7-15(12(11)2)20-10-13(9-19)23(21,22)17-14(18)6-4-8-16(17)20/h3-8,10H,1-2H3. The first kappa shape index (κ1) is 15.3. The third kappa shape index (κ3) is 2.21. The Bertz CT molecular complexity index is 988. The lowest BCUT2D eigenvalue weighted by Gasteiger charge is -2.29. The van der Waals surface area contributed by atoms with Gasteiger partial charge in [0, 0.05) is 11.9 Å². The Hall–Kier alpha value is -2.65. The van der Waals surface area contributed by atoms with Crippen molar-refractivity contribution in [3.05, 3.63) is 64.4 Å². The highest BCUT2D eigenvalue weighted by Gasteiger charge is 2.35. The molecule has 4 nitrogen and oxygen atoms in total. The first-order chi connectivity index (χ1) is 10.9. The van der Waals surface area contributed by atoms with Gasteiger partial charge in [-0.05, 0) is 43.2 Å². The van der Waals surface area contributed by atoms with Gasteiger partial charge in [0.05, 0.1) is 5.69 Å². The number of nitriles is 1. The number of hydrogen-bond donors (Lipinski definition) is 0. The normalized spacial score (nSPS) is 15.6. The molecule has 116 valence electrons. The molecule has 0 unspecified atom stereocenters. The van der Waals surface area contributed by atoms with Gasteiger partial charge in [-0.15, -0.1) is 0 Å². The highest BCUT2D eigenvalue weighted by molar-refractivity contribution is 7.95. The van der Waals surface area contributed by atoms with E-state index in [4.69, 9.17) is 0 Å². The maximum Gasteiger partial charge on any atom is 0.223 e. The lowest BCUT2D eigenvalue weighted by Crippen LogP contribution is -2.23. The number of halogens is 1. The molecule has 0 radical (unpaired) electrons. The van der Waals surface area contributed by atoms with Gasteiger partial charge in [0.1, 0.15) is 16.8 Å². The number of aryl methyl sites for hydroxylation is 1. The Labute approximate surface area is 134 Å². The Morgan fingerprint density at radius 2 is 1.74 bits per heavy atom. The minimum Gasteiger partial charge on any atom is -0.313 e. The molecule has 0 saturated carbocycles. The van der Waals surface area contributed by atoms with Gasteiger partial charge in [-0.3, -0.25) is 0 Å². The summed E-state index contributed by atoms with van der Waals surface area (Å²) in [5.41, 5.74) is 2.86. The second-order valence-electron chi connectivity index (χ2n) is 5.29. The third-order valence-electron chi connectivity index (χ3n) is 3.96. The van der Waals surface area contributed by atoms with Crippen LogP contribution in [0.3, 0.4) is 0 Å². The monoisotopic (exact) mass is 328 g/mol. The third-order valence-corrected chi connectivity index (χ3v) is 5.67. The highest BCUT2D eigenvalue weighted by Crippen LogP contribution is 2.41. The first-order valence-corrected chi connectivity index (χ1v) is 8.37. The number of hydrogen-bond acceptors (Lipinski definition) is 4. The molecule has 3 rings (SSSR count). The van der Waals surface area contributed by atoms with Crippen molar-refractivity contribution in [2.24, 2.45) is 0 Å². The summed E-state index contributed by atoms with van der Waals surface area (Å²) in [5, 5.41) is 9.19. The van der Waals surface area contributed by atoms with Gasteiger partial charge in [0.2, 0.25) is 9.84 Å². The molecule has 0 aliphatic carbocycles. The fourth-order valence-electron chi connectivity index (χ4n) is 2.60. The molecule has 0 N–H and O–H groups in total. The minimum atomic E-state index is -4.14. The van der Waals surface area contributed by atoms with Crippen LogP contribution in [0.15, 0.2) is 52.4 Å². The van der Waals surface area contributed by atoms with Crippen LogP contribution < -0.4 is 4.90 Å². The van der Waals surface area contributed by atoms with Crippen molar-refractivity contribution in [2.45, 2.75) is 18.7 Å². The van der Waals surface area contributed by atoms with Crippen LogP contribution in [-0.2, 0) is 9.84 Å². The van der Waals surface area contributed by atoms with Crippen LogP contribution in [0.2, 0.25) is 0 Å². The molecule has 0 spiro atoms. The van der Waals surface area contributed by atoms with E-state index in [1.54, 1.807) is 17.0 Å². The largest absolute Gasteiger partial charge is 0.313 e. The molecule has 23 heavy (non-hydrogen) atoms. The molecule has 0 fully saturated rings. The molecule has 1 heterocycles. The lowest BCUT2D eigenvalue weighted by molar-refractivity contribution is 0.570. The van der Waals surface area contributed by atoms with Crippen LogP contribution in [0.5, 0.6) is 0 Å². The fourth-order valence-corrected chi connectivity index (χ4v) is 3.95. The van der Waals surface area contributed by atoms with Crippen molar-refractivity contribution in [2.75, 3.05) is 4.90 Å². The van der Waals surface area contributed by atoms with Crippen LogP contribution in [0, 0.1) is 31.0 Å². The van der Waals surface area contributed by atoms with Crippen molar-refractivity contribution < 1.29 is 12.8 Å². The number of sulfone groups is 1. The average molecular weight is 328 g/mol. The summed E-state index contributed by atoms with van der Waals surface area (Å²) in [6.45, 7) is 3.83. The van der Waals surface area contributed by atoms with Gasteiger partial charge in [-0.25, -0.2) is 12.8 Å². The highest BCUT2D eigenvalue weighted by atomic mass is 32.2.